The first-order valence-corrected chi connectivity index (χ1v) is 5.90. The van der Waals surface area contributed by atoms with Crippen molar-refractivity contribution in [2.45, 2.75) is 26.2 Å². The second-order valence-corrected chi connectivity index (χ2v) is 4.51. The second kappa shape index (κ2) is 4.97. The number of carbonyl (C=O) groups is 1. The molecule has 0 saturated heterocycles. The summed E-state index contributed by atoms with van der Waals surface area (Å²) in [6, 6.07) is 9.69. The monoisotopic (exact) mass is 225 g/mol. The van der Waals surface area contributed by atoms with E-state index in [-0.39, 0.29) is 11.7 Å². The highest BCUT2D eigenvalue weighted by Crippen LogP contribution is 2.31. The number of allylic oxidation sites excluding steroid dienone is 2. The molecule has 1 aromatic carbocycles. The SMILES string of the molecule is CC(=O)C1CCC=C(c2ccc(C#N)cc2)C1. The lowest BCUT2D eigenvalue weighted by atomic mass is 9.83. The van der Waals surface area contributed by atoms with E-state index in [1.54, 1.807) is 6.92 Å². The molecule has 17 heavy (non-hydrogen) atoms. The molecule has 0 saturated carbocycles. The van der Waals surface area contributed by atoms with Crippen molar-refractivity contribution in [3.05, 3.63) is 41.5 Å². The third kappa shape index (κ3) is 2.62. The summed E-state index contributed by atoms with van der Waals surface area (Å²) in [5.41, 5.74) is 3.05. The number of hydrogen-bond acceptors (Lipinski definition) is 2. The standard InChI is InChI=1S/C15H15NO/c1-11(17)14-3-2-4-15(9-14)13-7-5-12(10-16)6-8-13/h4-8,14H,2-3,9H2,1H3. The highest BCUT2D eigenvalue weighted by atomic mass is 16.1. The van der Waals surface area contributed by atoms with Gasteiger partial charge >= 0.3 is 0 Å². The summed E-state index contributed by atoms with van der Waals surface area (Å²) < 4.78 is 0. The molecule has 0 radical (unpaired) electrons. The maximum absolute atomic E-state index is 11.4. The van der Waals surface area contributed by atoms with Gasteiger partial charge < -0.3 is 0 Å². The first-order valence-electron chi connectivity index (χ1n) is 5.90. The van der Waals surface area contributed by atoms with Crippen LogP contribution in [-0.2, 0) is 4.79 Å². The molecule has 1 aromatic rings. The van der Waals surface area contributed by atoms with Gasteiger partial charge in [0.15, 0.2) is 0 Å². The quantitative estimate of drug-likeness (QED) is 0.774. The molecule has 0 N–H and O–H groups in total. The van der Waals surface area contributed by atoms with E-state index in [1.165, 1.54) is 5.57 Å². The van der Waals surface area contributed by atoms with Gasteiger partial charge in [0.2, 0.25) is 0 Å². The van der Waals surface area contributed by atoms with Gasteiger partial charge in [-0.25, -0.2) is 0 Å². The fraction of sp³-hybridized carbons (Fsp3) is 0.333. The van der Waals surface area contributed by atoms with Crippen molar-refractivity contribution in [3.8, 4) is 6.07 Å². The first kappa shape index (κ1) is 11.6. The average molecular weight is 225 g/mol. The van der Waals surface area contributed by atoms with Crippen LogP contribution in [0.3, 0.4) is 0 Å². The molecule has 86 valence electrons. The minimum absolute atomic E-state index is 0.172. The van der Waals surface area contributed by atoms with Crippen LogP contribution in [0.15, 0.2) is 30.3 Å². The minimum Gasteiger partial charge on any atom is -0.300 e. The Bertz CT molecular complexity index is 491. The molecule has 1 unspecified atom stereocenters. The number of nitriles is 1. The molecule has 0 amide bonds. The number of rotatable bonds is 2. The van der Waals surface area contributed by atoms with Gasteiger partial charge in [0, 0.05) is 5.92 Å². The number of Topliss-reactive ketones (excluding diaryl/α,β-unsaturated/α-hetero) is 1. The van der Waals surface area contributed by atoms with E-state index < -0.39 is 0 Å². The van der Waals surface area contributed by atoms with E-state index in [1.807, 2.05) is 24.3 Å². The van der Waals surface area contributed by atoms with Gasteiger partial charge in [-0.05, 0) is 49.5 Å². The lowest BCUT2D eigenvalue weighted by Crippen LogP contribution is -2.14. The molecule has 0 heterocycles. The van der Waals surface area contributed by atoms with Crippen molar-refractivity contribution in [3.63, 3.8) is 0 Å². The predicted octanol–water partition coefficient (Wildman–Crippen LogP) is 3.33. The van der Waals surface area contributed by atoms with Crippen LogP contribution in [0.1, 0.15) is 37.3 Å². The Kier molecular flexibility index (Phi) is 3.39. The Morgan fingerprint density at radius 1 is 1.35 bits per heavy atom. The molecule has 0 aromatic heterocycles. The van der Waals surface area contributed by atoms with E-state index in [0.29, 0.717) is 5.56 Å². The van der Waals surface area contributed by atoms with Crippen LogP contribution >= 0.6 is 0 Å². The summed E-state index contributed by atoms with van der Waals surface area (Å²) in [7, 11) is 0. The molecule has 1 atom stereocenters. The topological polar surface area (TPSA) is 40.9 Å². The molecular weight excluding hydrogens is 210 g/mol. The van der Waals surface area contributed by atoms with Crippen molar-refractivity contribution >= 4 is 11.4 Å². The summed E-state index contributed by atoms with van der Waals surface area (Å²) in [6.07, 6.45) is 4.98. The highest BCUT2D eigenvalue weighted by molar-refractivity contribution is 5.82. The Morgan fingerprint density at radius 2 is 2.06 bits per heavy atom. The summed E-state index contributed by atoms with van der Waals surface area (Å²) in [4.78, 5) is 11.4. The molecular formula is C15H15NO. The largest absolute Gasteiger partial charge is 0.300 e. The summed E-state index contributed by atoms with van der Waals surface area (Å²) in [6.45, 7) is 1.67. The van der Waals surface area contributed by atoms with Crippen LogP contribution in [-0.4, -0.2) is 5.78 Å². The Balaban J connectivity index is 2.19. The van der Waals surface area contributed by atoms with Crippen LogP contribution in [0, 0.1) is 17.2 Å². The molecule has 0 aliphatic heterocycles. The van der Waals surface area contributed by atoms with Crippen LogP contribution in [0.25, 0.3) is 5.57 Å². The van der Waals surface area contributed by atoms with Crippen LogP contribution in [0.4, 0.5) is 0 Å². The van der Waals surface area contributed by atoms with Crippen LogP contribution < -0.4 is 0 Å². The van der Waals surface area contributed by atoms with Gasteiger partial charge in [-0.2, -0.15) is 5.26 Å². The van der Waals surface area contributed by atoms with Crippen molar-refractivity contribution in [1.29, 1.82) is 5.26 Å². The van der Waals surface area contributed by atoms with E-state index in [9.17, 15) is 4.79 Å². The zero-order valence-electron chi connectivity index (χ0n) is 9.94. The zero-order chi connectivity index (χ0) is 12.3. The number of benzene rings is 1. The number of ketones is 1. The van der Waals surface area contributed by atoms with E-state index in [2.05, 4.69) is 12.1 Å². The average Bonchev–Trinajstić information content (AvgIpc) is 2.39. The minimum atomic E-state index is 0.172. The lowest BCUT2D eigenvalue weighted by Gasteiger charge is -2.20. The van der Waals surface area contributed by atoms with Gasteiger partial charge in [-0.15, -0.1) is 0 Å². The molecule has 2 heteroatoms. The van der Waals surface area contributed by atoms with E-state index in [0.717, 1.165) is 24.8 Å². The van der Waals surface area contributed by atoms with Gasteiger partial charge in [-0.1, -0.05) is 18.2 Å². The predicted molar refractivity (Wildman–Crippen MR) is 67.2 cm³/mol. The smallest absolute Gasteiger partial charge is 0.133 e. The zero-order valence-corrected chi connectivity index (χ0v) is 9.94. The number of carbonyl (C=O) groups excluding carboxylic acids is 1. The fourth-order valence-electron chi connectivity index (χ4n) is 2.25. The molecule has 2 nitrogen and oxygen atoms in total. The van der Waals surface area contributed by atoms with Gasteiger partial charge in [0.05, 0.1) is 11.6 Å². The summed E-state index contributed by atoms with van der Waals surface area (Å²) in [5.74, 6) is 0.454. The van der Waals surface area contributed by atoms with Crippen molar-refractivity contribution in [2.75, 3.05) is 0 Å². The molecule has 0 fully saturated rings. The fourth-order valence-corrected chi connectivity index (χ4v) is 2.25. The second-order valence-electron chi connectivity index (χ2n) is 4.51. The highest BCUT2D eigenvalue weighted by Gasteiger charge is 2.19. The van der Waals surface area contributed by atoms with Gasteiger partial charge in [-0.3, -0.25) is 4.79 Å². The summed E-state index contributed by atoms with van der Waals surface area (Å²) in [5, 5.41) is 8.74. The summed E-state index contributed by atoms with van der Waals surface area (Å²) >= 11 is 0. The normalized spacial score (nSPS) is 19.3. The van der Waals surface area contributed by atoms with Gasteiger partial charge in [0.1, 0.15) is 5.78 Å². The Morgan fingerprint density at radius 3 is 2.65 bits per heavy atom. The lowest BCUT2D eigenvalue weighted by molar-refractivity contribution is -0.120. The maximum Gasteiger partial charge on any atom is 0.133 e. The number of nitrogens with zero attached hydrogens (tertiary/aromatic N) is 1. The number of hydrogen-bond donors (Lipinski definition) is 0. The molecule has 2 rings (SSSR count). The van der Waals surface area contributed by atoms with Crippen LogP contribution in [0.5, 0.6) is 0 Å². The van der Waals surface area contributed by atoms with Crippen LogP contribution in [0.2, 0.25) is 0 Å². The maximum atomic E-state index is 11.4. The van der Waals surface area contributed by atoms with Crippen molar-refractivity contribution < 1.29 is 4.79 Å². The van der Waals surface area contributed by atoms with Gasteiger partial charge in [0.25, 0.3) is 0 Å². The van der Waals surface area contributed by atoms with E-state index >= 15 is 0 Å². The third-order valence-corrected chi connectivity index (χ3v) is 3.33. The molecule has 1 aliphatic rings. The first-order chi connectivity index (χ1) is 8.20. The third-order valence-electron chi connectivity index (χ3n) is 3.33. The Labute approximate surface area is 102 Å². The van der Waals surface area contributed by atoms with E-state index in [4.69, 9.17) is 5.26 Å². The molecule has 0 spiro atoms. The Hall–Kier alpha value is -1.88. The van der Waals surface area contributed by atoms with Crippen molar-refractivity contribution in [2.24, 2.45) is 5.92 Å². The molecule has 1 aliphatic carbocycles. The molecule has 0 bridgehead atoms. The van der Waals surface area contributed by atoms with Crippen molar-refractivity contribution in [1.82, 2.24) is 0 Å².